The fourth-order valence-corrected chi connectivity index (χ4v) is 6.30. The van der Waals surface area contributed by atoms with Crippen molar-refractivity contribution < 1.29 is 14.3 Å². The number of rotatable bonds is 20. The SMILES string of the molecule is C=CC(=O)[SiH2]C1(C(=O)CCCCCCCCCCCCCCCCC)CCCCO1. The van der Waals surface area contributed by atoms with Crippen molar-refractivity contribution in [1.82, 2.24) is 0 Å². The van der Waals surface area contributed by atoms with Crippen LogP contribution in [0, 0.1) is 0 Å². The van der Waals surface area contributed by atoms with E-state index in [-0.39, 0.29) is 11.2 Å². The summed E-state index contributed by atoms with van der Waals surface area (Å²) in [6.07, 6.45) is 24.6. The highest BCUT2D eigenvalue weighted by molar-refractivity contribution is 6.81. The Morgan fingerprint density at radius 1 is 0.833 bits per heavy atom. The average molecular weight is 437 g/mol. The first-order valence-electron chi connectivity index (χ1n) is 13.0. The highest BCUT2D eigenvalue weighted by atomic mass is 28.2. The smallest absolute Gasteiger partial charge is 0.161 e. The maximum absolute atomic E-state index is 12.8. The van der Waals surface area contributed by atoms with Crippen LogP contribution in [-0.4, -0.2) is 32.5 Å². The number of hydrogen-bond acceptors (Lipinski definition) is 3. The van der Waals surface area contributed by atoms with Crippen LogP contribution in [0.5, 0.6) is 0 Å². The Morgan fingerprint density at radius 2 is 1.33 bits per heavy atom. The lowest BCUT2D eigenvalue weighted by atomic mass is 9.99. The van der Waals surface area contributed by atoms with Crippen LogP contribution in [0.15, 0.2) is 12.7 Å². The van der Waals surface area contributed by atoms with Gasteiger partial charge in [-0.05, 0) is 31.8 Å². The quantitative estimate of drug-likeness (QED) is 0.123. The van der Waals surface area contributed by atoms with E-state index in [9.17, 15) is 9.59 Å². The lowest BCUT2D eigenvalue weighted by Gasteiger charge is -2.35. The topological polar surface area (TPSA) is 43.4 Å². The molecule has 30 heavy (non-hydrogen) atoms. The van der Waals surface area contributed by atoms with Crippen molar-refractivity contribution >= 4 is 20.7 Å². The van der Waals surface area contributed by atoms with Gasteiger partial charge < -0.3 is 9.53 Å². The van der Waals surface area contributed by atoms with Gasteiger partial charge >= 0.3 is 0 Å². The van der Waals surface area contributed by atoms with Gasteiger partial charge in [-0.2, -0.15) is 0 Å². The number of allylic oxidation sites excluding steroid dienone is 1. The zero-order chi connectivity index (χ0) is 21.9. The molecule has 1 unspecified atom stereocenters. The molecule has 1 saturated heterocycles. The first kappa shape index (κ1) is 27.3. The summed E-state index contributed by atoms with van der Waals surface area (Å²) in [7, 11) is -1.26. The van der Waals surface area contributed by atoms with Gasteiger partial charge in [0.05, 0.1) is 0 Å². The minimum atomic E-state index is -1.26. The Bertz CT molecular complexity index is 469. The molecule has 0 aliphatic carbocycles. The van der Waals surface area contributed by atoms with E-state index in [1.165, 1.54) is 89.5 Å². The molecule has 1 aliphatic heterocycles. The predicted octanol–water partition coefficient (Wildman–Crippen LogP) is 6.60. The molecule has 0 aromatic heterocycles. The van der Waals surface area contributed by atoms with Crippen LogP contribution >= 0.6 is 0 Å². The van der Waals surface area contributed by atoms with Gasteiger partial charge in [0.25, 0.3) is 0 Å². The molecule has 1 fully saturated rings. The van der Waals surface area contributed by atoms with Crippen LogP contribution in [0.3, 0.4) is 0 Å². The first-order chi connectivity index (χ1) is 14.6. The molecule has 1 rings (SSSR count). The van der Waals surface area contributed by atoms with Crippen molar-refractivity contribution in [3.05, 3.63) is 12.7 Å². The van der Waals surface area contributed by atoms with E-state index in [1.54, 1.807) is 0 Å². The normalized spacial score (nSPS) is 19.4. The van der Waals surface area contributed by atoms with Crippen molar-refractivity contribution in [2.24, 2.45) is 0 Å². The molecule has 0 radical (unpaired) electrons. The third-order valence-electron chi connectivity index (χ3n) is 6.56. The van der Waals surface area contributed by atoms with Gasteiger partial charge in [-0.1, -0.05) is 103 Å². The molecule has 1 heterocycles. The fourth-order valence-electron chi connectivity index (χ4n) is 4.55. The van der Waals surface area contributed by atoms with Crippen LogP contribution in [0.1, 0.15) is 129 Å². The molecule has 0 bridgehead atoms. The number of ether oxygens (including phenoxy) is 1. The minimum Gasteiger partial charge on any atom is -0.371 e. The second-order valence-corrected chi connectivity index (χ2v) is 11.5. The molecule has 0 aromatic carbocycles. The molecule has 174 valence electrons. The standard InChI is InChI=1S/C26H48O3Si/c1-3-5-6-7-8-9-10-11-12-13-14-15-16-17-18-21-24(27)26(30-25(28)4-2)22-19-20-23-29-26/h4H,2-3,5-23,30H2,1H3. The Labute approximate surface area is 188 Å². The molecular formula is C26H48O3Si. The maximum atomic E-state index is 12.8. The third kappa shape index (κ3) is 12.2. The Hall–Kier alpha value is -0.743. The van der Waals surface area contributed by atoms with Gasteiger partial charge in [-0.25, -0.2) is 0 Å². The van der Waals surface area contributed by atoms with Crippen molar-refractivity contribution in [3.8, 4) is 0 Å². The summed E-state index contributed by atoms with van der Waals surface area (Å²) < 4.78 is 5.92. The Morgan fingerprint density at radius 3 is 1.77 bits per heavy atom. The predicted molar refractivity (Wildman–Crippen MR) is 131 cm³/mol. The van der Waals surface area contributed by atoms with E-state index in [0.29, 0.717) is 13.0 Å². The third-order valence-corrected chi connectivity index (χ3v) is 8.72. The van der Waals surface area contributed by atoms with Crippen LogP contribution in [-0.2, 0) is 14.3 Å². The molecule has 0 spiro atoms. The summed E-state index contributed by atoms with van der Waals surface area (Å²) in [6.45, 7) is 6.48. The number of ketones is 1. The Balaban J connectivity index is 2.00. The van der Waals surface area contributed by atoms with Crippen LogP contribution in [0.2, 0.25) is 0 Å². The largest absolute Gasteiger partial charge is 0.371 e. The summed E-state index contributed by atoms with van der Waals surface area (Å²) >= 11 is 0. The first-order valence-corrected chi connectivity index (χ1v) is 14.4. The molecular weight excluding hydrogens is 388 g/mol. The van der Waals surface area contributed by atoms with Crippen molar-refractivity contribution in [3.63, 3.8) is 0 Å². The number of Topliss-reactive ketones (excluding diaryl/α,β-unsaturated/α-hetero) is 1. The van der Waals surface area contributed by atoms with E-state index in [2.05, 4.69) is 13.5 Å². The summed E-state index contributed by atoms with van der Waals surface area (Å²) in [5.74, 6) is 0.193. The van der Waals surface area contributed by atoms with Gasteiger partial charge in [0.15, 0.2) is 15.3 Å². The number of unbranched alkanes of at least 4 members (excludes halogenated alkanes) is 14. The maximum Gasteiger partial charge on any atom is 0.161 e. The highest BCUT2D eigenvalue weighted by Crippen LogP contribution is 2.27. The second-order valence-electron chi connectivity index (χ2n) is 9.27. The average Bonchev–Trinajstić information content (AvgIpc) is 2.76. The van der Waals surface area contributed by atoms with E-state index in [1.807, 2.05) is 0 Å². The highest BCUT2D eigenvalue weighted by Gasteiger charge is 2.41. The van der Waals surface area contributed by atoms with E-state index >= 15 is 0 Å². The number of hydrogen-bond donors (Lipinski definition) is 0. The molecule has 0 amide bonds. The van der Waals surface area contributed by atoms with Crippen LogP contribution in [0.4, 0.5) is 0 Å². The summed E-state index contributed by atoms with van der Waals surface area (Å²) in [5.41, 5.74) is 0. The molecule has 1 atom stereocenters. The summed E-state index contributed by atoms with van der Waals surface area (Å²) in [4.78, 5) is 24.7. The molecule has 0 saturated carbocycles. The lowest BCUT2D eigenvalue weighted by Crippen LogP contribution is -2.52. The summed E-state index contributed by atoms with van der Waals surface area (Å²) in [5, 5.41) is -0.666. The van der Waals surface area contributed by atoms with E-state index in [4.69, 9.17) is 4.74 Å². The molecule has 0 N–H and O–H groups in total. The van der Waals surface area contributed by atoms with Crippen molar-refractivity contribution in [1.29, 1.82) is 0 Å². The number of carbonyl (C=O) groups is 2. The zero-order valence-corrected chi connectivity index (χ0v) is 21.3. The molecule has 0 aromatic rings. The van der Waals surface area contributed by atoms with Gasteiger partial charge in [-0.15, -0.1) is 0 Å². The van der Waals surface area contributed by atoms with Gasteiger partial charge in [-0.3, -0.25) is 4.79 Å². The molecule has 1 aliphatic rings. The van der Waals surface area contributed by atoms with Crippen LogP contribution in [0.25, 0.3) is 0 Å². The monoisotopic (exact) mass is 436 g/mol. The summed E-state index contributed by atoms with van der Waals surface area (Å²) in [6, 6.07) is 0. The van der Waals surface area contributed by atoms with Crippen molar-refractivity contribution in [2.45, 2.75) is 134 Å². The van der Waals surface area contributed by atoms with E-state index in [0.717, 1.165) is 32.1 Å². The lowest BCUT2D eigenvalue weighted by molar-refractivity contribution is -0.139. The van der Waals surface area contributed by atoms with Gasteiger partial charge in [0.1, 0.15) is 10.6 Å². The van der Waals surface area contributed by atoms with E-state index < -0.39 is 14.7 Å². The number of carbonyl (C=O) groups excluding carboxylic acids is 2. The van der Waals surface area contributed by atoms with Crippen LogP contribution < -0.4 is 0 Å². The molecule has 4 heteroatoms. The zero-order valence-electron chi connectivity index (χ0n) is 19.9. The Kier molecular flexibility index (Phi) is 16.3. The van der Waals surface area contributed by atoms with Gasteiger partial charge in [0, 0.05) is 13.0 Å². The minimum absolute atomic E-state index is 0.0572. The fraction of sp³-hybridized carbons (Fsp3) is 0.846. The second kappa shape index (κ2) is 17.9. The van der Waals surface area contributed by atoms with Gasteiger partial charge in [0.2, 0.25) is 0 Å². The molecule has 3 nitrogen and oxygen atoms in total. The van der Waals surface area contributed by atoms with Crippen molar-refractivity contribution in [2.75, 3.05) is 6.61 Å².